The molecule has 1 saturated heterocycles. The van der Waals surface area contributed by atoms with Crippen LogP contribution in [0.25, 0.3) is 10.9 Å². The zero-order chi connectivity index (χ0) is 22.1. The first kappa shape index (κ1) is 20.5. The molecule has 0 bridgehead atoms. The Balaban J connectivity index is 1.48. The zero-order valence-electron chi connectivity index (χ0n) is 17.9. The Morgan fingerprint density at radius 3 is 2.41 bits per heavy atom. The second kappa shape index (κ2) is 8.28. The SMILES string of the molecule is Cc1cc(N2CCC(c3ccccc3)C2)c2cc(NS(=O)(=O)c3ccccc3)ccc2n1. The molecule has 0 radical (unpaired) electrons. The highest BCUT2D eigenvalue weighted by Gasteiger charge is 2.25. The molecule has 1 aliphatic heterocycles. The monoisotopic (exact) mass is 443 g/mol. The summed E-state index contributed by atoms with van der Waals surface area (Å²) in [6, 6.07) is 26.7. The van der Waals surface area contributed by atoms with E-state index >= 15 is 0 Å². The second-order valence-electron chi connectivity index (χ2n) is 8.28. The summed E-state index contributed by atoms with van der Waals surface area (Å²) < 4.78 is 28.3. The smallest absolute Gasteiger partial charge is 0.261 e. The molecule has 5 rings (SSSR count). The molecule has 1 fully saturated rings. The number of hydrogen-bond acceptors (Lipinski definition) is 4. The van der Waals surface area contributed by atoms with Crippen LogP contribution in [0.5, 0.6) is 0 Å². The molecule has 0 spiro atoms. The molecule has 6 heteroatoms. The van der Waals surface area contributed by atoms with Crippen molar-refractivity contribution in [2.24, 2.45) is 0 Å². The fraction of sp³-hybridized carbons (Fsp3) is 0.192. The van der Waals surface area contributed by atoms with Crippen LogP contribution in [0.3, 0.4) is 0 Å². The van der Waals surface area contributed by atoms with Crippen LogP contribution in [0.1, 0.15) is 23.6 Å². The van der Waals surface area contributed by atoms with Gasteiger partial charge in [-0.2, -0.15) is 0 Å². The van der Waals surface area contributed by atoms with Gasteiger partial charge in [0.05, 0.1) is 10.4 Å². The van der Waals surface area contributed by atoms with Crippen LogP contribution >= 0.6 is 0 Å². The molecule has 4 aromatic rings. The summed E-state index contributed by atoms with van der Waals surface area (Å²) >= 11 is 0. The molecule has 0 saturated carbocycles. The van der Waals surface area contributed by atoms with Gasteiger partial charge in [0.15, 0.2) is 0 Å². The Morgan fingerprint density at radius 1 is 0.938 bits per heavy atom. The molecule has 32 heavy (non-hydrogen) atoms. The molecular formula is C26H25N3O2S. The minimum atomic E-state index is -3.65. The van der Waals surface area contributed by atoms with Crippen molar-refractivity contribution in [2.45, 2.75) is 24.2 Å². The number of nitrogens with one attached hydrogen (secondary N) is 1. The van der Waals surface area contributed by atoms with Crippen molar-refractivity contribution in [3.8, 4) is 0 Å². The number of fused-ring (bicyclic) bond motifs is 1. The minimum Gasteiger partial charge on any atom is -0.370 e. The van der Waals surface area contributed by atoms with E-state index in [4.69, 9.17) is 0 Å². The van der Waals surface area contributed by atoms with Gasteiger partial charge >= 0.3 is 0 Å². The van der Waals surface area contributed by atoms with Gasteiger partial charge in [0.25, 0.3) is 10.0 Å². The summed E-state index contributed by atoms with van der Waals surface area (Å²) in [5.41, 5.74) is 4.82. The molecule has 2 heterocycles. The largest absolute Gasteiger partial charge is 0.370 e. The first-order valence-electron chi connectivity index (χ1n) is 10.8. The highest BCUT2D eigenvalue weighted by atomic mass is 32.2. The summed E-state index contributed by atoms with van der Waals surface area (Å²) in [6.07, 6.45) is 1.09. The van der Waals surface area contributed by atoms with Crippen molar-refractivity contribution in [1.82, 2.24) is 4.98 Å². The third-order valence-corrected chi connectivity index (χ3v) is 7.42. The number of rotatable bonds is 5. The molecule has 0 amide bonds. The predicted molar refractivity (Wildman–Crippen MR) is 130 cm³/mol. The third kappa shape index (κ3) is 4.06. The topological polar surface area (TPSA) is 62.3 Å². The second-order valence-corrected chi connectivity index (χ2v) is 9.96. The molecule has 0 aliphatic carbocycles. The van der Waals surface area contributed by atoms with E-state index in [1.165, 1.54) is 5.56 Å². The lowest BCUT2D eigenvalue weighted by molar-refractivity contribution is 0.601. The van der Waals surface area contributed by atoms with Gasteiger partial charge in [0.1, 0.15) is 0 Å². The van der Waals surface area contributed by atoms with E-state index in [1.807, 2.05) is 25.1 Å². The van der Waals surface area contributed by atoms with E-state index in [0.717, 1.165) is 41.8 Å². The maximum atomic E-state index is 12.8. The van der Waals surface area contributed by atoms with E-state index in [-0.39, 0.29) is 4.90 Å². The van der Waals surface area contributed by atoms with Gasteiger partial charge in [0.2, 0.25) is 0 Å². The lowest BCUT2D eigenvalue weighted by atomic mass is 9.99. The molecule has 1 unspecified atom stereocenters. The lowest BCUT2D eigenvalue weighted by Gasteiger charge is -2.22. The van der Waals surface area contributed by atoms with Crippen LogP contribution in [0, 0.1) is 6.92 Å². The van der Waals surface area contributed by atoms with Crippen molar-refractivity contribution in [3.05, 3.63) is 96.2 Å². The summed E-state index contributed by atoms with van der Waals surface area (Å²) in [5, 5.41) is 0.956. The average Bonchev–Trinajstić information content (AvgIpc) is 3.30. The maximum absolute atomic E-state index is 12.8. The Bertz CT molecular complexity index is 1360. The number of sulfonamides is 1. The number of aryl methyl sites for hydroxylation is 1. The van der Waals surface area contributed by atoms with E-state index in [9.17, 15) is 8.42 Å². The van der Waals surface area contributed by atoms with Gasteiger partial charge in [-0.05, 0) is 55.3 Å². The Kier molecular flexibility index (Phi) is 5.31. The third-order valence-electron chi connectivity index (χ3n) is 6.02. The van der Waals surface area contributed by atoms with E-state index in [1.54, 1.807) is 36.4 Å². The molecule has 1 N–H and O–H groups in total. The standard InChI is InChI=1S/C26H25N3O2S/c1-19-16-26(29-15-14-21(18-29)20-8-4-2-5-9-20)24-17-22(12-13-25(24)27-19)28-32(30,31)23-10-6-3-7-11-23/h2-13,16-17,21,28H,14-15,18H2,1H3. The summed E-state index contributed by atoms with van der Waals surface area (Å²) in [4.78, 5) is 7.31. The van der Waals surface area contributed by atoms with E-state index < -0.39 is 10.0 Å². The number of anilines is 2. The highest BCUT2D eigenvalue weighted by Crippen LogP contribution is 2.36. The lowest BCUT2D eigenvalue weighted by Crippen LogP contribution is -2.20. The van der Waals surface area contributed by atoms with Gasteiger partial charge in [-0.15, -0.1) is 0 Å². The van der Waals surface area contributed by atoms with Gasteiger partial charge in [-0.3, -0.25) is 9.71 Å². The normalized spacial score (nSPS) is 16.4. The number of pyridine rings is 1. The number of hydrogen-bond donors (Lipinski definition) is 1. The van der Waals surface area contributed by atoms with E-state index in [0.29, 0.717) is 11.6 Å². The Morgan fingerprint density at radius 2 is 1.66 bits per heavy atom. The predicted octanol–water partition coefficient (Wildman–Crippen LogP) is 5.34. The maximum Gasteiger partial charge on any atom is 0.261 e. The first-order chi connectivity index (χ1) is 15.5. The molecular weight excluding hydrogens is 418 g/mol. The molecule has 1 aliphatic rings. The van der Waals surface area contributed by atoms with Crippen LogP contribution in [0.15, 0.2) is 89.8 Å². The number of nitrogens with zero attached hydrogens (tertiary/aromatic N) is 2. The summed E-state index contributed by atoms with van der Waals surface area (Å²) in [7, 11) is -3.65. The molecule has 5 nitrogen and oxygen atoms in total. The molecule has 3 aromatic carbocycles. The number of benzene rings is 3. The summed E-state index contributed by atoms with van der Waals surface area (Å²) in [5.74, 6) is 0.486. The first-order valence-corrected chi connectivity index (χ1v) is 12.3. The minimum absolute atomic E-state index is 0.243. The van der Waals surface area contributed by atoms with Crippen molar-refractivity contribution in [2.75, 3.05) is 22.7 Å². The van der Waals surface area contributed by atoms with Gasteiger partial charge in [0, 0.05) is 41.5 Å². The van der Waals surface area contributed by atoms with Crippen molar-refractivity contribution in [1.29, 1.82) is 0 Å². The van der Waals surface area contributed by atoms with Crippen LogP contribution in [0.2, 0.25) is 0 Å². The van der Waals surface area contributed by atoms with Crippen LogP contribution < -0.4 is 9.62 Å². The van der Waals surface area contributed by atoms with Crippen LogP contribution in [-0.4, -0.2) is 26.5 Å². The molecule has 1 atom stereocenters. The fourth-order valence-electron chi connectivity index (χ4n) is 4.45. The van der Waals surface area contributed by atoms with Crippen molar-refractivity contribution < 1.29 is 8.42 Å². The van der Waals surface area contributed by atoms with Gasteiger partial charge in [-0.1, -0.05) is 48.5 Å². The zero-order valence-corrected chi connectivity index (χ0v) is 18.7. The van der Waals surface area contributed by atoms with Crippen LogP contribution in [-0.2, 0) is 10.0 Å². The fourth-order valence-corrected chi connectivity index (χ4v) is 5.52. The van der Waals surface area contributed by atoms with Crippen molar-refractivity contribution in [3.63, 3.8) is 0 Å². The average molecular weight is 444 g/mol. The summed E-state index contributed by atoms with van der Waals surface area (Å²) in [6.45, 7) is 3.89. The van der Waals surface area contributed by atoms with Crippen molar-refractivity contribution >= 4 is 32.3 Å². The molecule has 1 aromatic heterocycles. The quantitative estimate of drug-likeness (QED) is 0.452. The Labute approximate surface area is 188 Å². The number of aromatic nitrogens is 1. The van der Waals surface area contributed by atoms with Gasteiger partial charge in [-0.25, -0.2) is 8.42 Å². The van der Waals surface area contributed by atoms with E-state index in [2.05, 4.69) is 44.9 Å². The molecule has 162 valence electrons. The van der Waals surface area contributed by atoms with Crippen LogP contribution in [0.4, 0.5) is 11.4 Å². The Hall–Kier alpha value is -3.38. The highest BCUT2D eigenvalue weighted by molar-refractivity contribution is 7.92. The van der Waals surface area contributed by atoms with Gasteiger partial charge < -0.3 is 4.90 Å².